The van der Waals surface area contributed by atoms with Gasteiger partial charge in [0, 0.05) is 18.9 Å². The van der Waals surface area contributed by atoms with Gasteiger partial charge in [-0.15, -0.1) is 0 Å². The number of piperidine rings is 1. The summed E-state index contributed by atoms with van der Waals surface area (Å²) in [4.78, 5) is 2.58. The predicted molar refractivity (Wildman–Crippen MR) is 81.9 cm³/mol. The Hall–Kier alpha value is -1.61. The largest absolute Gasteiger partial charge is 0.299 e. The third-order valence-electron chi connectivity index (χ3n) is 4.40. The molecule has 20 heavy (non-hydrogen) atoms. The van der Waals surface area contributed by atoms with Gasteiger partial charge in [-0.05, 0) is 55.6 Å². The molecule has 106 valence electrons. The van der Waals surface area contributed by atoms with Crippen LogP contribution in [0.3, 0.4) is 0 Å². The lowest BCUT2D eigenvalue weighted by atomic mass is 9.94. The highest BCUT2D eigenvalue weighted by Gasteiger charge is 2.17. The Labute approximate surface area is 121 Å². The first-order valence-corrected chi connectivity index (χ1v) is 7.66. The van der Waals surface area contributed by atoms with Gasteiger partial charge in [0.15, 0.2) is 0 Å². The van der Waals surface area contributed by atoms with Gasteiger partial charge in [-0.3, -0.25) is 4.90 Å². The van der Waals surface area contributed by atoms with Crippen molar-refractivity contribution >= 4 is 0 Å². The van der Waals surface area contributed by atoms with Crippen LogP contribution in [0.1, 0.15) is 31.7 Å². The molecule has 3 rings (SSSR count). The van der Waals surface area contributed by atoms with E-state index >= 15 is 0 Å². The Morgan fingerprint density at radius 1 is 1.15 bits per heavy atom. The van der Waals surface area contributed by atoms with Crippen LogP contribution in [0.5, 0.6) is 0 Å². The van der Waals surface area contributed by atoms with E-state index in [1.54, 1.807) is 0 Å². The van der Waals surface area contributed by atoms with Crippen LogP contribution in [0, 0.1) is 5.92 Å². The standard InChI is InChI=1S/C17H23N3/c1-2-15-8-12-19(13-9-15)14-16-4-6-17(7-5-16)20-11-3-10-18-20/h3-7,10-11,15H,2,8-9,12-14H2,1H3. The molecular weight excluding hydrogens is 246 g/mol. The molecule has 2 aromatic rings. The molecule has 1 aliphatic heterocycles. The molecule has 0 aliphatic carbocycles. The minimum Gasteiger partial charge on any atom is -0.299 e. The van der Waals surface area contributed by atoms with E-state index in [2.05, 4.69) is 41.2 Å². The van der Waals surface area contributed by atoms with Crippen LogP contribution in [0.4, 0.5) is 0 Å². The summed E-state index contributed by atoms with van der Waals surface area (Å²) in [6.45, 7) is 5.89. The molecule has 3 heteroatoms. The maximum atomic E-state index is 4.26. The number of aromatic nitrogens is 2. The topological polar surface area (TPSA) is 21.1 Å². The molecule has 1 aromatic heterocycles. The van der Waals surface area contributed by atoms with Crippen molar-refractivity contribution in [2.75, 3.05) is 13.1 Å². The van der Waals surface area contributed by atoms with Crippen molar-refractivity contribution in [1.82, 2.24) is 14.7 Å². The van der Waals surface area contributed by atoms with Crippen LogP contribution in [0.2, 0.25) is 0 Å². The fraction of sp³-hybridized carbons (Fsp3) is 0.471. The smallest absolute Gasteiger partial charge is 0.0645 e. The first-order valence-electron chi connectivity index (χ1n) is 7.66. The van der Waals surface area contributed by atoms with E-state index in [9.17, 15) is 0 Å². The van der Waals surface area contributed by atoms with Crippen molar-refractivity contribution in [1.29, 1.82) is 0 Å². The highest BCUT2D eigenvalue weighted by Crippen LogP contribution is 2.21. The monoisotopic (exact) mass is 269 g/mol. The van der Waals surface area contributed by atoms with E-state index < -0.39 is 0 Å². The minimum absolute atomic E-state index is 0.952. The molecule has 3 nitrogen and oxygen atoms in total. The average Bonchev–Trinajstić information content (AvgIpc) is 3.03. The third kappa shape index (κ3) is 3.10. The van der Waals surface area contributed by atoms with Gasteiger partial charge in [0.25, 0.3) is 0 Å². The van der Waals surface area contributed by atoms with Crippen molar-refractivity contribution < 1.29 is 0 Å². The van der Waals surface area contributed by atoms with E-state index in [1.165, 1.54) is 37.9 Å². The lowest BCUT2D eigenvalue weighted by molar-refractivity contribution is 0.175. The molecule has 1 aliphatic rings. The van der Waals surface area contributed by atoms with Crippen LogP contribution < -0.4 is 0 Å². The van der Waals surface area contributed by atoms with Crippen molar-refractivity contribution in [3.8, 4) is 5.69 Å². The van der Waals surface area contributed by atoms with Gasteiger partial charge in [0.1, 0.15) is 0 Å². The van der Waals surface area contributed by atoms with Gasteiger partial charge in [-0.2, -0.15) is 5.10 Å². The summed E-state index contributed by atoms with van der Waals surface area (Å²) in [6.07, 6.45) is 7.85. The molecular formula is C17H23N3. The fourth-order valence-corrected chi connectivity index (χ4v) is 2.99. The zero-order chi connectivity index (χ0) is 13.8. The molecule has 0 N–H and O–H groups in total. The molecule has 0 spiro atoms. The Kier molecular flexibility index (Phi) is 4.16. The summed E-state index contributed by atoms with van der Waals surface area (Å²) in [7, 11) is 0. The van der Waals surface area contributed by atoms with Crippen molar-refractivity contribution in [2.45, 2.75) is 32.7 Å². The van der Waals surface area contributed by atoms with E-state index in [0.29, 0.717) is 0 Å². The van der Waals surface area contributed by atoms with Crippen LogP contribution >= 0.6 is 0 Å². The van der Waals surface area contributed by atoms with Crippen LogP contribution in [0.15, 0.2) is 42.7 Å². The number of hydrogen-bond donors (Lipinski definition) is 0. The lowest BCUT2D eigenvalue weighted by Crippen LogP contribution is -2.32. The molecule has 0 amide bonds. The predicted octanol–water partition coefficient (Wildman–Crippen LogP) is 3.49. The van der Waals surface area contributed by atoms with Crippen LogP contribution in [-0.4, -0.2) is 27.8 Å². The van der Waals surface area contributed by atoms with E-state index in [-0.39, 0.29) is 0 Å². The summed E-state index contributed by atoms with van der Waals surface area (Å²) in [5, 5.41) is 4.26. The van der Waals surface area contributed by atoms with E-state index in [4.69, 9.17) is 0 Å². The first kappa shape index (κ1) is 13.4. The Morgan fingerprint density at radius 2 is 1.90 bits per heavy atom. The quantitative estimate of drug-likeness (QED) is 0.847. The molecule has 1 saturated heterocycles. The third-order valence-corrected chi connectivity index (χ3v) is 4.40. The second-order valence-corrected chi connectivity index (χ2v) is 5.74. The van der Waals surface area contributed by atoms with Gasteiger partial charge in [-0.1, -0.05) is 25.5 Å². The SMILES string of the molecule is CCC1CCN(Cc2ccc(-n3cccn3)cc2)CC1. The highest BCUT2D eigenvalue weighted by molar-refractivity contribution is 5.33. The van der Waals surface area contributed by atoms with Gasteiger partial charge in [-0.25, -0.2) is 4.68 Å². The molecule has 0 saturated carbocycles. The van der Waals surface area contributed by atoms with Crippen molar-refractivity contribution in [3.63, 3.8) is 0 Å². The van der Waals surface area contributed by atoms with Crippen molar-refractivity contribution in [2.24, 2.45) is 5.92 Å². The number of rotatable bonds is 4. The summed E-state index contributed by atoms with van der Waals surface area (Å²) >= 11 is 0. The van der Waals surface area contributed by atoms with E-state index in [1.807, 2.05) is 23.1 Å². The van der Waals surface area contributed by atoms with Gasteiger partial charge in [0.05, 0.1) is 5.69 Å². The minimum atomic E-state index is 0.952. The highest BCUT2D eigenvalue weighted by atomic mass is 15.3. The maximum absolute atomic E-state index is 4.26. The molecule has 0 bridgehead atoms. The first-order chi connectivity index (χ1) is 9.85. The van der Waals surface area contributed by atoms with E-state index in [0.717, 1.165) is 18.2 Å². The molecule has 0 atom stereocenters. The second kappa shape index (κ2) is 6.23. The molecule has 0 radical (unpaired) electrons. The molecule has 0 unspecified atom stereocenters. The fourth-order valence-electron chi connectivity index (χ4n) is 2.99. The number of nitrogens with zero attached hydrogens (tertiary/aromatic N) is 3. The van der Waals surface area contributed by atoms with Gasteiger partial charge in [0.2, 0.25) is 0 Å². The zero-order valence-electron chi connectivity index (χ0n) is 12.2. The summed E-state index contributed by atoms with van der Waals surface area (Å²) in [5.41, 5.74) is 2.53. The lowest BCUT2D eigenvalue weighted by Gasteiger charge is -2.31. The number of likely N-dealkylation sites (tertiary alicyclic amines) is 1. The van der Waals surface area contributed by atoms with Crippen LogP contribution in [0.25, 0.3) is 5.69 Å². The Balaban J connectivity index is 1.59. The number of hydrogen-bond acceptors (Lipinski definition) is 2. The zero-order valence-corrected chi connectivity index (χ0v) is 12.2. The maximum Gasteiger partial charge on any atom is 0.0645 e. The van der Waals surface area contributed by atoms with Gasteiger partial charge >= 0.3 is 0 Å². The Bertz CT molecular complexity index is 508. The molecule has 1 aromatic carbocycles. The van der Waals surface area contributed by atoms with Gasteiger partial charge < -0.3 is 0 Å². The molecule has 2 heterocycles. The normalized spacial score (nSPS) is 17.4. The van der Waals surface area contributed by atoms with Crippen molar-refractivity contribution in [3.05, 3.63) is 48.3 Å². The summed E-state index contributed by atoms with van der Waals surface area (Å²) in [5.74, 6) is 0.952. The average molecular weight is 269 g/mol. The Morgan fingerprint density at radius 3 is 2.50 bits per heavy atom. The molecule has 1 fully saturated rings. The summed E-state index contributed by atoms with van der Waals surface area (Å²) in [6, 6.07) is 10.7. The number of benzene rings is 1. The summed E-state index contributed by atoms with van der Waals surface area (Å²) < 4.78 is 1.90. The second-order valence-electron chi connectivity index (χ2n) is 5.74. The van der Waals surface area contributed by atoms with Crippen LogP contribution in [-0.2, 0) is 6.54 Å².